The van der Waals surface area contributed by atoms with Crippen LogP contribution in [-0.4, -0.2) is 42.5 Å². The first-order valence-electron chi connectivity index (χ1n) is 7.86. The van der Waals surface area contributed by atoms with Gasteiger partial charge in [-0.15, -0.1) is 0 Å². The molecule has 2 aromatic rings. The van der Waals surface area contributed by atoms with E-state index in [1.54, 1.807) is 30.3 Å². The van der Waals surface area contributed by atoms with E-state index in [-0.39, 0.29) is 5.91 Å². The number of amides is 1. The van der Waals surface area contributed by atoms with Crippen molar-refractivity contribution in [1.29, 1.82) is 0 Å². The molecule has 1 atom stereocenters. The molecule has 6 heteroatoms. The van der Waals surface area contributed by atoms with Crippen LogP contribution in [0.3, 0.4) is 0 Å². The number of hydrogen-bond acceptors (Lipinski definition) is 5. The Morgan fingerprint density at radius 2 is 2.35 bits per heavy atom. The maximum Gasteiger partial charge on any atom is 0.253 e. The van der Waals surface area contributed by atoms with Crippen LogP contribution in [0.2, 0.25) is 0 Å². The van der Waals surface area contributed by atoms with Crippen LogP contribution in [0, 0.1) is 0 Å². The Bertz CT molecular complexity index is 750. The number of nitrogens with two attached hydrogens (primary N) is 1. The van der Waals surface area contributed by atoms with Crippen LogP contribution in [0.5, 0.6) is 0 Å². The molecular formula is C17H22N4OS. The smallest absolute Gasteiger partial charge is 0.253 e. The van der Waals surface area contributed by atoms with Gasteiger partial charge in [-0.1, -0.05) is 23.0 Å². The monoisotopic (exact) mass is 330 g/mol. The minimum absolute atomic E-state index is 0.0127. The average molecular weight is 330 g/mol. The lowest BCUT2D eigenvalue weighted by Gasteiger charge is -2.13. The molecular weight excluding hydrogens is 308 g/mol. The van der Waals surface area contributed by atoms with Crippen molar-refractivity contribution < 1.29 is 4.79 Å². The van der Waals surface area contributed by atoms with E-state index in [0.717, 1.165) is 28.2 Å². The van der Waals surface area contributed by atoms with Crippen molar-refractivity contribution in [2.75, 3.05) is 26.0 Å². The van der Waals surface area contributed by atoms with Crippen LogP contribution >= 0.6 is 11.3 Å². The van der Waals surface area contributed by atoms with Gasteiger partial charge >= 0.3 is 0 Å². The fraction of sp³-hybridized carbons (Fsp3) is 0.412. The van der Waals surface area contributed by atoms with Gasteiger partial charge in [-0.25, -0.2) is 4.98 Å². The number of carbonyl (C=O) groups excluding carboxylic acids is 1. The van der Waals surface area contributed by atoms with Gasteiger partial charge in [0.25, 0.3) is 5.91 Å². The van der Waals surface area contributed by atoms with Crippen LogP contribution in [-0.2, 0) is 0 Å². The fourth-order valence-corrected chi connectivity index (χ4v) is 3.91. The SMILES string of the molecule is CN(C)C(=O)c1ccc2nc(NC3CCC/C3=C/CN)sc2c1. The summed E-state index contributed by atoms with van der Waals surface area (Å²) < 4.78 is 1.03. The molecule has 5 nitrogen and oxygen atoms in total. The maximum absolute atomic E-state index is 12.1. The Labute approximate surface area is 140 Å². The number of aromatic nitrogens is 1. The molecule has 122 valence electrons. The largest absolute Gasteiger partial charge is 0.355 e. The number of nitrogens with zero attached hydrogens (tertiary/aromatic N) is 2. The number of rotatable bonds is 4. The topological polar surface area (TPSA) is 71.2 Å². The van der Waals surface area contributed by atoms with E-state index in [1.807, 2.05) is 18.2 Å². The molecule has 3 N–H and O–H groups in total. The molecule has 1 fully saturated rings. The molecule has 0 saturated heterocycles. The quantitative estimate of drug-likeness (QED) is 0.846. The third kappa shape index (κ3) is 3.38. The van der Waals surface area contributed by atoms with Gasteiger partial charge in [0.2, 0.25) is 0 Å². The molecule has 1 heterocycles. The number of nitrogens with one attached hydrogen (secondary N) is 1. The molecule has 0 aliphatic heterocycles. The number of fused-ring (bicyclic) bond motifs is 1. The Morgan fingerprint density at radius 3 is 3.09 bits per heavy atom. The maximum atomic E-state index is 12.1. The van der Waals surface area contributed by atoms with Gasteiger partial charge in [0.1, 0.15) is 0 Å². The number of anilines is 1. The lowest BCUT2D eigenvalue weighted by molar-refractivity contribution is 0.0828. The van der Waals surface area contributed by atoms with E-state index in [1.165, 1.54) is 12.0 Å². The Balaban J connectivity index is 1.83. The van der Waals surface area contributed by atoms with E-state index in [4.69, 9.17) is 5.73 Å². The summed E-state index contributed by atoms with van der Waals surface area (Å²) in [5.74, 6) is 0.0127. The minimum Gasteiger partial charge on any atom is -0.355 e. The molecule has 1 saturated carbocycles. The zero-order valence-electron chi connectivity index (χ0n) is 13.5. The molecule has 1 aromatic heterocycles. The van der Waals surface area contributed by atoms with Crippen LogP contribution in [0.25, 0.3) is 10.2 Å². The third-order valence-electron chi connectivity index (χ3n) is 4.13. The van der Waals surface area contributed by atoms with Gasteiger partial charge in [-0.05, 0) is 37.5 Å². The molecule has 23 heavy (non-hydrogen) atoms. The van der Waals surface area contributed by atoms with Gasteiger partial charge in [-0.2, -0.15) is 0 Å². The highest BCUT2D eigenvalue weighted by Crippen LogP contribution is 2.32. The second-order valence-corrected chi connectivity index (χ2v) is 7.04. The first-order valence-corrected chi connectivity index (χ1v) is 8.68. The zero-order chi connectivity index (χ0) is 16.4. The van der Waals surface area contributed by atoms with Crippen molar-refractivity contribution in [3.8, 4) is 0 Å². The number of benzene rings is 1. The zero-order valence-corrected chi connectivity index (χ0v) is 14.3. The summed E-state index contributed by atoms with van der Waals surface area (Å²) in [6, 6.07) is 6.01. The Morgan fingerprint density at radius 1 is 1.52 bits per heavy atom. The predicted octanol–water partition coefficient (Wildman–Crippen LogP) is 2.85. The van der Waals surface area contributed by atoms with Crippen LogP contribution in [0.1, 0.15) is 29.6 Å². The lowest BCUT2D eigenvalue weighted by atomic mass is 10.1. The van der Waals surface area contributed by atoms with Gasteiger partial charge in [0, 0.05) is 32.2 Å². The molecule has 3 rings (SSSR count). The van der Waals surface area contributed by atoms with E-state index >= 15 is 0 Å². The summed E-state index contributed by atoms with van der Waals surface area (Å²) >= 11 is 1.60. The highest BCUT2D eigenvalue weighted by molar-refractivity contribution is 7.22. The Kier molecular flexibility index (Phi) is 4.63. The van der Waals surface area contributed by atoms with Gasteiger partial charge in [0.05, 0.1) is 10.2 Å². The van der Waals surface area contributed by atoms with Crippen LogP contribution in [0.15, 0.2) is 29.8 Å². The molecule has 0 bridgehead atoms. The third-order valence-corrected chi connectivity index (χ3v) is 5.07. The first kappa shape index (κ1) is 16.0. The summed E-state index contributed by atoms with van der Waals surface area (Å²) in [6.45, 7) is 0.587. The summed E-state index contributed by atoms with van der Waals surface area (Å²) in [4.78, 5) is 18.3. The number of hydrogen-bond donors (Lipinski definition) is 2. The predicted molar refractivity (Wildman–Crippen MR) is 96.0 cm³/mol. The lowest BCUT2D eigenvalue weighted by Crippen LogP contribution is -2.21. The average Bonchev–Trinajstić information content (AvgIpc) is 3.12. The second-order valence-electron chi connectivity index (χ2n) is 6.00. The van der Waals surface area contributed by atoms with Crippen LogP contribution < -0.4 is 11.1 Å². The summed E-state index contributed by atoms with van der Waals surface area (Å²) in [5, 5.41) is 4.43. The van der Waals surface area contributed by atoms with Crippen molar-refractivity contribution in [1.82, 2.24) is 9.88 Å². The van der Waals surface area contributed by atoms with E-state index < -0.39 is 0 Å². The molecule has 1 aliphatic rings. The highest BCUT2D eigenvalue weighted by atomic mass is 32.1. The van der Waals surface area contributed by atoms with Crippen molar-refractivity contribution in [3.05, 3.63) is 35.4 Å². The Hall–Kier alpha value is -1.92. The number of carbonyl (C=O) groups is 1. The van der Waals surface area contributed by atoms with Gasteiger partial charge < -0.3 is 16.0 Å². The summed E-state index contributed by atoms with van der Waals surface area (Å²) in [7, 11) is 3.52. The van der Waals surface area contributed by atoms with E-state index in [9.17, 15) is 4.79 Å². The fourth-order valence-electron chi connectivity index (χ4n) is 2.96. The van der Waals surface area contributed by atoms with Gasteiger partial charge in [0.15, 0.2) is 5.13 Å². The van der Waals surface area contributed by atoms with E-state index in [2.05, 4.69) is 16.4 Å². The molecule has 0 radical (unpaired) electrons. The standard InChI is InChI=1S/C17H22N4OS/c1-21(2)16(22)12-6-7-14-15(10-12)23-17(20-14)19-13-5-3-4-11(13)8-9-18/h6-8,10,13H,3-5,9,18H2,1-2H3,(H,19,20)/b11-8-. The van der Waals surface area contributed by atoms with Crippen molar-refractivity contribution in [2.45, 2.75) is 25.3 Å². The highest BCUT2D eigenvalue weighted by Gasteiger charge is 2.21. The molecule has 1 aromatic carbocycles. The summed E-state index contributed by atoms with van der Waals surface area (Å²) in [5.41, 5.74) is 8.65. The normalized spacial score (nSPS) is 19.4. The minimum atomic E-state index is 0.0127. The van der Waals surface area contributed by atoms with Crippen molar-refractivity contribution in [3.63, 3.8) is 0 Å². The summed E-state index contributed by atoms with van der Waals surface area (Å²) in [6.07, 6.45) is 5.54. The van der Waals surface area contributed by atoms with Crippen LogP contribution in [0.4, 0.5) is 5.13 Å². The molecule has 1 aliphatic carbocycles. The second kappa shape index (κ2) is 6.68. The molecule has 1 amide bonds. The van der Waals surface area contributed by atoms with E-state index in [0.29, 0.717) is 18.2 Å². The molecule has 0 spiro atoms. The van der Waals surface area contributed by atoms with Crippen molar-refractivity contribution in [2.24, 2.45) is 5.73 Å². The first-order chi connectivity index (χ1) is 11.1. The van der Waals surface area contributed by atoms with Crippen molar-refractivity contribution >= 4 is 32.6 Å². The van der Waals surface area contributed by atoms with Gasteiger partial charge in [-0.3, -0.25) is 4.79 Å². The number of thiazole rings is 1. The molecule has 1 unspecified atom stereocenters.